The number of urea groups is 1. The number of aromatic nitrogens is 1. The van der Waals surface area contributed by atoms with Crippen molar-refractivity contribution in [3.8, 4) is 0 Å². The summed E-state index contributed by atoms with van der Waals surface area (Å²) in [5, 5.41) is 12.7. The molecule has 164 valence electrons. The van der Waals surface area contributed by atoms with Crippen LogP contribution in [0.2, 0.25) is 0 Å². The van der Waals surface area contributed by atoms with E-state index in [1.807, 2.05) is 30.3 Å². The molecule has 9 heteroatoms. The van der Waals surface area contributed by atoms with Gasteiger partial charge in [0, 0.05) is 12.6 Å². The molecule has 0 bridgehead atoms. The third-order valence-corrected chi connectivity index (χ3v) is 5.88. The first kappa shape index (κ1) is 21.0. The van der Waals surface area contributed by atoms with E-state index in [1.54, 1.807) is 13.0 Å². The zero-order valence-corrected chi connectivity index (χ0v) is 17.5. The molecule has 1 saturated carbocycles. The Morgan fingerprint density at radius 1 is 1.26 bits per heavy atom. The van der Waals surface area contributed by atoms with Crippen LogP contribution in [-0.4, -0.2) is 46.5 Å². The van der Waals surface area contributed by atoms with Crippen molar-refractivity contribution < 1.29 is 18.9 Å². The molecule has 1 saturated heterocycles. The highest BCUT2D eigenvalue weighted by Crippen LogP contribution is 2.35. The summed E-state index contributed by atoms with van der Waals surface area (Å²) in [5.74, 6) is 0.577. The molecule has 4 amide bonds. The minimum absolute atomic E-state index is 0.117. The normalized spacial score (nSPS) is 18.4. The van der Waals surface area contributed by atoms with Gasteiger partial charge in [-0.15, -0.1) is 0 Å². The Labute approximate surface area is 180 Å². The van der Waals surface area contributed by atoms with E-state index < -0.39 is 11.6 Å². The summed E-state index contributed by atoms with van der Waals surface area (Å²) >= 11 is 0. The van der Waals surface area contributed by atoms with Crippen LogP contribution in [-0.2, 0) is 9.59 Å². The first-order valence-corrected chi connectivity index (χ1v) is 10.7. The molecule has 2 aliphatic rings. The Hall–Kier alpha value is -3.20. The molecule has 1 aromatic carbocycles. The number of carbonyl (C=O) groups is 3. The summed E-state index contributed by atoms with van der Waals surface area (Å²) in [6, 6.07) is 10.1. The van der Waals surface area contributed by atoms with Crippen molar-refractivity contribution in [3.63, 3.8) is 0 Å². The number of hydrogen-bond donors (Lipinski definition) is 3. The van der Waals surface area contributed by atoms with E-state index in [0.29, 0.717) is 43.9 Å². The summed E-state index contributed by atoms with van der Waals surface area (Å²) in [4.78, 5) is 39.2. The van der Waals surface area contributed by atoms with Crippen LogP contribution in [0.3, 0.4) is 0 Å². The number of amides is 4. The number of carbonyl (C=O) groups excluding carboxylic acids is 3. The standard InChI is InChI=1S/C22H27N5O4/c1-15-14-17(26-31-15)24-19(28)18(16-8-3-2-4-9-16)23-12-7-13-27-20(29)22(25-21(27)30)10-5-6-11-22/h2-4,8-9,14,18,23H,5-7,10-13H2,1H3,(H,25,30)(H,24,26,28)/t18-/m0/s1. The lowest BCUT2D eigenvalue weighted by molar-refractivity contribution is -0.131. The van der Waals surface area contributed by atoms with Gasteiger partial charge in [-0.05, 0) is 38.3 Å². The smallest absolute Gasteiger partial charge is 0.325 e. The van der Waals surface area contributed by atoms with Gasteiger partial charge >= 0.3 is 6.03 Å². The number of benzene rings is 1. The first-order valence-electron chi connectivity index (χ1n) is 10.7. The molecule has 1 spiro atoms. The van der Waals surface area contributed by atoms with E-state index in [-0.39, 0.29) is 17.8 Å². The summed E-state index contributed by atoms with van der Waals surface area (Å²) in [5.41, 5.74) is 0.118. The molecule has 31 heavy (non-hydrogen) atoms. The highest BCUT2D eigenvalue weighted by molar-refractivity contribution is 6.07. The lowest BCUT2D eigenvalue weighted by Crippen LogP contribution is -2.44. The number of anilines is 1. The van der Waals surface area contributed by atoms with Crippen LogP contribution in [0, 0.1) is 6.92 Å². The van der Waals surface area contributed by atoms with Crippen molar-refractivity contribution >= 4 is 23.7 Å². The lowest BCUT2D eigenvalue weighted by Gasteiger charge is -2.21. The number of rotatable bonds is 8. The molecule has 0 unspecified atom stereocenters. The second-order valence-corrected chi connectivity index (χ2v) is 8.14. The zero-order valence-electron chi connectivity index (χ0n) is 17.5. The van der Waals surface area contributed by atoms with Crippen molar-refractivity contribution in [2.75, 3.05) is 18.4 Å². The van der Waals surface area contributed by atoms with Crippen molar-refractivity contribution in [2.45, 2.75) is 50.6 Å². The molecule has 1 aliphatic heterocycles. The van der Waals surface area contributed by atoms with Crippen molar-refractivity contribution in [2.24, 2.45) is 0 Å². The SMILES string of the molecule is Cc1cc(NC(=O)[C@@H](NCCCN2C(=O)NC3(CCCC3)C2=O)c2ccccc2)no1. The van der Waals surface area contributed by atoms with Crippen LogP contribution in [0.25, 0.3) is 0 Å². The van der Waals surface area contributed by atoms with Gasteiger partial charge in [0.2, 0.25) is 5.91 Å². The van der Waals surface area contributed by atoms with Gasteiger partial charge in [0.15, 0.2) is 5.82 Å². The molecule has 2 fully saturated rings. The molecular formula is C22H27N5O4. The highest BCUT2D eigenvalue weighted by atomic mass is 16.5. The number of imide groups is 1. The van der Waals surface area contributed by atoms with E-state index in [2.05, 4.69) is 21.1 Å². The van der Waals surface area contributed by atoms with Crippen LogP contribution in [0.1, 0.15) is 49.5 Å². The Morgan fingerprint density at radius 2 is 2.00 bits per heavy atom. The maximum absolute atomic E-state index is 12.9. The third-order valence-electron chi connectivity index (χ3n) is 5.88. The van der Waals surface area contributed by atoms with Crippen molar-refractivity contribution in [3.05, 3.63) is 47.7 Å². The number of hydrogen-bond acceptors (Lipinski definition) is 6. The molecule has 2 aromatic rings. The van der Waals surface area contributed by atoms with E-state index in [1.165, 1.54) is 4.90 Å². The average molecular weight is 425 g/mol. The minimum atomic E-state index is -0.688. The summed E-state index contributed by atoms with van der Waals surface area (Å²) in [6.07, 6.45) is 3.88. The second-order valence-electron chi connectivity index (χ2n) is 8.14. The second kappa shape index (κ2) is 8.89. The maximum Gasteiger partial charge on any atom is 0.325 e. The van der Waals surface area contributed by atoms with Crippen LogP contribution in [0.15, 0.2) is 40.9 Å². The molecule has 0 radical (unpaired) electrons. The Morgan fingerprint density at radius 3 is 2.68 bits per heavy atom. The van der Waals surface area contributed by atoms with Crippen molar-refractivity contribution in [1.29, 1.82) is 0 Å². The predicted molar refractivity (Wildman–Crippen MR) is 113 cm³/mol. The molecule has 1 aromatic heterocycles. The van der Waals surface area contributed by atoms with Gasteiger partial charge in [0.1, 0.15) is 17.3 Å². The van der Waals surface area contributed by atoms with E-state index in [9.17, 15) is 14.4 Å². The molecular weight excluding hydrogens is 398 g/mol. The fourth-order valence-corrected chi connectivity index (χ4v) is 4.31. The largest absolute Gasteiger partial charge is 0.360 e. The topological polar surface area (TPSA) is 117 Å². The van der Waals surface area contributed by atoms with Crippen LogP contribution in [0.4, 0.5) is 10.6 Å². The van der Waals surface area contributed by atoms with Gasteiger partial charge < -0.3 is 20.5 Å². The number of aryl methyl sites for hydroxylation is 1. The predicted octanol–water partition coefficient (Wildman–Crippen LogP) is 2.51. The monoisotopic (exact) mass is 425 g/mol. The van der Waals surface area contributed by atoms with Gasteiger partial charge in [-0.3, -0.25) is 14.5 Å². The van der Waals surface area contributed by atoms with Gasteiger partial charge in [0.05, 0.1) is 0 Å². The first-order chi connectivity index (χ1) is 15.0. The molecule has 3 N–H and O–H groups in total. The summed E-state index contributed by atoms with van der Waals surface area (Å²) < 4.78 is 5.01. The minimum Gasteiger partial charge on any atom is -0.360 e. The van der Waals surface area contributed by atoms with E-state index in [0.717, 1.165) is 18.4 Å². The molecule has 4 rings (SSSR count). The van der Waals surface area contributed by atoms with Crippen LogP contribution >= 0.6 is 0 Å². The molecule has 1 aliphatic carbocycles. The number of nitrogens with zero attached hydrogens (tertiary/aromatic N) is 2. The molecule has 1 atom stereocenters. The van der Waals surface area contributed by atoms with Crippen LogP contribution in [0.5, 0.6) is 0 Å². The maximum atomic E-state index is 12.9. The summed E-state index contributed by atoms with van der Waals surface area (Å²) in [7, 11) is 0. The van der Waals surface area contributed by atoms with Crippen molar-refractivity contribution in [1.82, 2.24) is 20.7 Å². The Balaban J connectivity index is 1.35. The zero-order chi connectivity index (χ0) is 21.8. The average Bonchev–Trinajstić information content (AvgIpc) is 3.45. The lowest BCUT2D eigenvalue weighted by atomic mass is 9.98. The van der Waals surface area contributed by atoms with E-state index in [4.69, 9.17) is 4.52 Å². The Bertz CT molecular complexity index is 952. The molecule has 2 heterocycles. The Kier molecular flexibility index (Phi) is 6.03. The van der Waals surface area contributed by atoms with E-state index >= 15 is 0 Å². The van der Waals surface area contributed by atoms with Gasteiger partial charge in [0.25, 0.3) is 5.91 Å². The summed E-state index contributed by atoms with van der Waals surface area (Å²) in [6.45, 7) is 2.51. The third kappa shape index (κ3) is 4.46. The van der Waals surface area contributed by atoms with Gasteiger partial charge in [-0.2, -0.15) is 0 Å². The number of nitrogens with one attached hydrogen (secondary N) is 3. The van der Waals surface area contributed by atoms with Gasteiger partial charge in [-0.25, -0.2) is 4.79 Å². The van der Waals surface area contributed by atoms with Gasteiger partial charge in [-0.1, -0.05) is 48.3 Å². The molecule has 9 nitrogen and oxygen atoms in total. The fourth-order valence-electron chi connectivity index (χ4n) is 4.31. The quantitative estimate of drug-likeness (QED) is 0.442. The van der Waals surface area contributed by atoms with Crippen LogP contribution < -0.4 is 16.0 Å². The fraction of sp³-hybridized carbons (Fsp3) is 0.455. The highest BCUT2D eigenvalue weighted by Gasteiger charge is 2.51.